The van der Waals surface area contributed by atoms with Crippen LogP contribution in [0.15, 0.2) is 23.1 Å². The van der Waals surface area contributed by atoms with Gasteiger partial charge in [0.25, 0.3) is 0 Å². The Labute approximate surface area is 127 Å². The molecular weight excluding hydrogens is 298 g/mol. The van der Waals surface area contributed by atoms with E-state index in [-0.39, 0.29) is 11.7 Å². The first kappa shape index (κ1) is 16.7. The van der Waals surface area contributed by atoms with E-state index in [1.165, 1.54) is 11.8 Å². The fraction of sp³-hybridized carbons (Fsp3) is 0.385. The molecule has 20 heavy (non-hydrogen) atoms. The SMILES string of the molecule is CCCCNC(=O)NC(=O)CSc1cc(Cl)ccc1N. The monoisotopic (exact) mass is 315 g/mol. The molecule has 5 nitrogen and oxygen atoms in total. The molecule has 0 spiro atoms. The number of hydrogen-bond donors (Lipinski definition) is 3. The highest BCUT2D eigenvalue weighted by Gasteiger charge is 2.09. The van der Waals surface area contributed by atoms with E-state index in [0.29, 0.717) is 17.3 Å². The van der Waals surface area contributed by atoms with Crippen LogP contribution in [-0.4, -0.2) is 24.2 Å². The Balaban J connectivity index is 2.36. The number of nitrogens with one attached hydrogen (secondary N) is 2. The van der Waals surface area contributed by atoms with Gasteiger partial charge in [-0.25, -0.2) is 4.79 Å². The molecule has 0 atom stereocenters. The molecular formula is C13H18ClN3O2S. The maximum Gasteiger partial charge on any atom is 0.321 e. The van der Waals surface area contributed by atoms with Gasteiger partial charge in [0.2, 0.25) is 5.91 Å². The van der Waals surface area contributed by atoms with E-state index in [9.17, 15) is 9.59 Å². The van der Waals surface area contributed by atoms with Crippen molar-refractivity contribution in [2.75, 3.05) is 18.0 Å². The van der Waals surface area contributed by atoms with Gasteiger partial charge in [-0.05, 0) is 24.6 Å². The van der Waals surface area contributed by atoms with Crippen molar-refractivity contribution in [2.24, 2.45) is 0 Å². The van der Waals surface area contributed by atoms with Crippen LogP contribution in [0.4, 0.5) is 10.5 Å². The Morgan fingerprint density at radius 2 is 2.15 bits per heavy atom. The second-order valence-electron chi connectivity index (χ2n) is 4.13. The standard InChI is InChI=1S/C13H18ClN3O2S/c1-2-3-6-16-13(19)17-12(18)8-20-11-7-9(14)4-5-10(11)15/h4-5,7H,2-3,6,8,15H2,1H3,(H2,16,17,18,19). The topological polar surface area (TPSA) is 84.2 Å². The number of carbonyl (C=O) groups is 2. The summed E-state index contributed by atoms with van der Waals surface area (Å²) in [7, 11) is 0. The first-order valence-electron chi connectivity index (χ1n) is 6.28. The third-order valence-electron chi connectivity index (χ3n) is 2.40. The lowest BCUT2D eigenvalue weighted by Gasteiger charge is -2.07. The molecule has 0 bridgehead atoms. The lowest BCUT2D eigenvalue weighted by atomic mass is 10.3. The molecule has 0 aliphatic carbocycles. The number of nitrogens with two attached hydrogens (primary N) is 1. The van der Waals surface area contributed by atoms with Crippen LogP contribution >= 0.6 is 23.4 Å². The summed E-state index contributed by atoms with van der Waals surface area (Å²) in [5.41, 5.74) is 6.32. The number of benzene rings is 1. The van der Waals surface area contributed by atoms with Crippen LogP contribution in [0.25, 0.3) is 0 Å². The fourth-order valence-electron chi connectivity index (χ4n) is 1.36. The van der Waals surface area contributed by atoms with Gasteiger partial charge >= 0.3 is 6.03 Å². The fourth-order valence-corrected chi connectivity index (χ4v) is 2.40. The molecule has 0 unspecified atom stereocenters. The molecule has 0 saturated carbocycles. The molecule has 4 N–H and O–H groups in total. The van der Waals surface area contributed by atoms with E-state index < -0.39 is 6.03 Å². The Morgan fingerprint density at radius 1 is 1.40 bits per heavy atom. The zero-order valence-electron chi connectivity index (χ0n) is 11.2. The Hall–Kier alpha value is -1.40. The predicted octanol–water partition coefficient (Wildman–Crippen LogP) is 2.64. The van der Waals surface area contributed by atoms with E-state index in [1.807, 2.05) is 6.92 Å². The molecule has 0 saturated heterocycles. The van der Waals surface area contributed by atoms with E-state index in [4.69, 9.17) is 17.3 Å². The maximum atomic E-state index is 11.6. The van der Waals surface area contributed by atoms with Gasteiger partial charge in [0.1, 0.15) is 0 Å². The lowest BCUT2D eigenvalue weighted by molar-refractivity contribution is -0.117. The Kier molecular flexibility index (Phi) is 7.25. The van der Waals surface area contributed by atoms with Crippen LogP contribution in [0, 0.1) is 0 Å². The van der Waals surface area contributed by atoms with Crippen LogP contribution in [0.1, 0.15) is 19.8 Å². The van der Waals surface area contributed by atoms with Gasteiger partial charge < -0.3 is 11.1 Å². The van der Waals surface area contributed by atoms with Gasteiger partial charge in [-0.2, -0.15) is 0 Å². The van der Waals surface area contributed by atoms with Crippen molar-refractivity contribution in [3.8, 4) is 0 Å². The molecule has 0 fully saturated rings. The van der Waals surface area contributed by atoms with Crippen LogP contribution < -0.4 is 16.4 Å². The molecule has 1 rings (SSSR count). The number of rotatable bonds is 6. The van der Waals surface area contributed by atoms with Crippen molar-refractivity contribution < 1.29 is 9.59 Å². The van der Waals surface area contributed by atoms with Crippen LogP contribution in [-0.2, 0) is 4.79 Å². The highest BCUT2D eigenvalue weighted by molar-refractivity contribution is 8.00. The van der Waals surface area contributed by atoms with Crippen molar-refractivity contribution in [2.45, 2.75) is 24.7 Å². The van der Waals surface area contributed by atoms with E-state index in [1.54, 1.807) is 18.2 Å². The number of imide groups is 1. The van der Waals surface area contributed by atoms with Crippen molar-refractivity contribution in [1.29, 1.82) is 0 Å². The highest BCUT2D eigenvalue weighted by atomic mass is 35.5. The summed E-state index contributed by atoms with van der Waals surface area (Å²) in [6.45, 7) is 2.58. The molecule has 0 radical (unpaired) electrons. The average molecular weight is 316 g/mol. The predicted molar refractivity (Wildman–Crippen MR) is 83.0 cm³/mol. The average Bonchev–Trinajstić information content (AvgIpc) is 2.40. The highest BCUT2D eigenvalue weighted by Crippen LogP contribution is 2.27. The molecule has 0 aliphatic heterocycles. The molecule has 1 aromatic carbocycles. The smallest absolute Gasteiger partial charge is 0.321 e. The minimum Gasteiger partial charge on any atom is -0.398 e. The van der Waals surface area contributed by atoms with E-state index in [2.05, 4.69) is 10.6 Å². The van der Waals surface area contributed by atoms with E-state index in [0.717, 1.165) is 17.7 Å². The summed E-state index contributed by atoms with van der Waals surface area (Å²) in [4.78, 5) is 23.7. The summed E-state index contributed by atoms with van der Waals surface area (Å²) in [6, 6.07) is 4.58. The number of unbranched alkanes of at least 4 members (excludes halogenated alkanes) is 1. The molecule has 1 aromatic rings. The van der Waals surface area contributed by atoms with Crippen molar-refractivity contribution >= 4 is 41.0 Å². The number of halogens is 1. The lowest BCUT2D eigenvalue weighted by Crippen LogP contribution is -2.40. The van der Waals surface area contributed by atoms with Crippen LogP contribution in [0.3, 0.4) is 0 Å². The number of anilines is 1. The summed E-state index contributed by atoms with van der Waals surface area (Å²) in [5, 5.41) is 5.42. The first-order chi connectivity index (χ1) is 9.52. The van der Waals surface area contributed by atoms with E-state index >= 15 is 0 Å². The summed E-state index contributed by atoms with van der Waals surface area (Å²) in [5.74, 6) is -0.269. The Morgan fingerprint density at radius 3 is 2.85 bits per heavy atom. The van der Waals surface area contributed by atoms with Gasteiger partial charge in [-0.1, -0.05) is 24.9 Å². The number of amides is 3. The van der Waals surface area contributed by atoms with Gasteiger partial charge in [0.05, 0.1) is 5.75 Å². The van der Waals surface area contributed by atoms with Crippen molar-refractivity contribution in [3.05, 3.63) is 23.2 Å². The summed E-state index contributed by atoms with van der Waals surface area (Å²) < 4.78 is 0. The third kappa shape index (κ3) is 6.16. The number of urea groups is 1. The maximum absolute atomic E-state index is 11.6. The first-order valence-corrected chi connectivity index (χ1v) is 7.64. The minimum absolute atomic E-state index is 0.103. The summed E-state index contributed by atoms with van der Waals surface area (Å²) >= 11 is 7.09. The quantitative estimate of drug-likeness (QED) is 0.428. The van der Waals surface area contributed by atoms with Gasteiger partial charge in [0, 0.05) is 22.2 Å². The zero-order chi connectivity index (χ0) is 15.0. The Bertz CT molecular complexity index is 483. The number of hydrogen-bond acceptors (Lipinski definition) is 4. The van der Waals surface area contributed by atoms with Crippen LogP contribution in [0.5, 0.6) is 0 Å². The molecule has 3 amide bonds. The van der Waals surface area contributed by atoms with Crippen molar-refractivity contribution in [1.82, 2.24) is 10.6 Å². The summed E-state index contributed by atoms with van der Waals surface area (Å²) in [6.07, 6.45) is 1.87. The number of carbonyl (C=O) groups excluding carboxylic acids is 2. The molecule has 110 valence electrons. The molecule has 0 heterocycles. The third-order valence-corrected chi connectivity index (χ3v) is 3.71. The second-order valence-corrected chi connectivity index (χ2v) is 5.58. The zero-order valence-corrected chi connectivity index (χ0v) is 12.8. The molecule has 0 aromatic heterocycles. The molecule has 0 aliphatic rings. The van der Waals surface area contributed by atoms with Gasteiger partial charge in [-0.15, -0.1) is 11.8 Å². The van der Waals surface area contributed by atoms with Gasteiger partial charge in [-0.3, -0.25) is 10.1 Å². The second kappa shape index (κ2) is 8.71. The molecule has 7 heteroatoms. The van der Waals surface area contributed by atoms with Gasteiger partial charge in [0.15, 0.2) is 0 Å². The normalized spacial score (nSPS) is 10.1. The number of thioether (sulfide) groups is 1. The van der Waals surface area contributed by atoms with Crippen molar-refractivity contribution in [3.63, 3.8) is 0 Å². The number of nitrogen functional groups attached to an aromatic ring is 1. The minimum atomic E-state index is -0.469. The largest absolute Gasteiger partial charge is 0.398 e. The van der Waals surface area contributed by atoms with Crippen LogP contribution in [0.2, 0.25) is 5.02 Å².